The molecule has 5 heteroatoms. The molecule has 3 N–H and O–H groups in total. The molecule has 1 aliphatic carbocycles. The van der Waals surface area contributed by atoms with E-state index in [2.05, 4.69) is 5.32 Å². The Balaban J connectivity index is 2.03. The van der Waals surface area contributed by atoms with Gasteiger partial charge in [-0.15, -0.1) is 0 Å². The van der Waals surface area contributed by atoms with E-state index >= 15 is 0 Å². The summed E-state index contributed by atoms with van der Waals surface area (Å²) in [5, 5.41) is 2.64. The van der Waals surface area contributed by atoms with Gasteiger partial charge < -0.3 is 11.1 Å². The van der Waals surface area contributed by atoms with Crippen molar-refractivity contribution in [2.45, 2.75) is 24.9 Å². The lowest BCUT2D eigenvalue weighted by Crippen LogP contribution is -2.50. The first-order valence-electron chi connectivity index (χ1n) is 5.08. The fourth-order valence-electron chi connectivity index (χ4n) is 1.72. The third-order valence-corrected chi connectivity index (χ3v) is 2.69. The maximum Gasteiger partial charge on any atom is 0.254 e. The summed E-state index contributed by atoms with van der Waals surface area (Å²) < 4.78 is 25.8. The number of carbonyl (C=O) groups excluding carboxylic acids is 1. The Labute approximate surface area is 91.6 Å². The summed E-state index contributed by atoms with van der Waals surface area (Å²) in [5.41, 5.74) is 5.42. The Kier molecular flexibility index (Phi) is 2.87. The summed E-state index contributed by atoms with van der Waals surface area (Å²) in [6.07, 6.45) is 1.41. The second kappa shape index (κ2) is 4.17. The number of carbonyl (C=O) groups is 1. The average molecular weight is 226 g/mol. The van der Waals surface area contributed by atoms with Crippen LogP contribution in [0, 0.1) is 11.6 Å². The van der Waals surface area contributed by atoms with Gasteiger partial charge >= 0.3 is 0 Å². The molecular weight excluding hydrogens is 214 g/mol. The molecule has 0 saturated heterocycles. The van der Waals surface area contributed by atoms with Gasteiger partial charge in [0.1, 0.15) is 11.6 Å². The molecule has 0 heterocycles. The molecule has 0 bridgehead atoms. The van der Waals surface area contributed by atoms with E-state index in [1.165, 1.54) is 0 Å². The fraction of sp³-hybridized carbons (Fsp3) is 0.364. The topological polar surface area (TPSA) is 55.1 Å². The third kappa shape index (κ3) is 2.19. The largest absolute Gasteiger partial charge is 0.349 e. The van der Waals surface area contributed by atoms with E-state index in [4.69, 9.17) is 5.73 Å². The van der Waals surface area contributed by atoms with Crippen molar-refractivity contribution in [2.75, 3.05) is 0 Å². The molecule has 0 radical (unpaired) electrons. The number of halogens is 2. The molecule has 0 unspecified atom stereocenters. The number of nitrogens with one attached hydrogen (secondary N) is 1. The van der Waals surface area contributed by atoms with Crippen molar-refractivity contribution >= 4 is 5.91 Å². The zero-order valence-electron chi connectivity index (χ0n) is 8.54. The van der Waals surface area contributed by atoms with Gasteiger partial charge in [-0.2, -0.15) is 0 Å². The standard InChI is InChI=1S/C11H12F2N2O/c12-6-1-2-9(10(13)3-6)11(16)15-8-4-7(14)5-8/h1-3,7-8H,4-5,14H2,(H,15,16). The molecule has 0 aromatic heterocycles. The minimum Gasteiger partial charge on any atom is -0.349 e. The quantitative estimate of drug-likeness (QED) is 0.795. The fourth-order valence-corrected chi connectivity index (χ4v) is 1.72. The molecule has 1 aliphatic rings. The van der Waals surface area contributed by atoms with Crippen molar-refractivity contribution in [2.24, 2.45) is 5.73 Å². The summed E-state index contributed by atoms with van der Waals surface area (Å²) in [7, 11) is 0. The van der Waals surface area contributed by atoms with Crippen molar-refractivity contribution in [3.05, 3.63) is 35.4 Å². The van der Waals surface area contributed by atoms with Gasteiger partial charge in [0, 0.05) is 18.2 Å². The number of rotatable bonds is 2. The van der Waals surface area contributed by atoms with Gasteiger partial charge in [-0.05, 0) is 25.0 Å². The molecule has 16 heavy (non-hydrogen) atoms. The molecule has 86 valence electrons. The highest BCUT2D eigenvalue weighted by atomic mass is 19.1. The maximum absolute atomic E-state index is 13.2. The summed E-state index contributed by atoms with van der Waals surface area (Å²) in [4.78, 5) is 11.6. The van der Waals surface area contributed by atoms with Crippen molar-refractivity contribution in [1.29, 1.82) is 0 Å². The summed E-state index contributed by atoms with van der Waals surface area (Å²) in [6, 6.07) is 3.01. The molecule has 1 aromatic rings. The second-order valence-electron chi connectivity index (χ2n) is 4.03. The SMILES string of the molecule is NC1CC(NC(=O)c2ccc(F)cc2F)C1. The molecule has 1 aromatic carbocycles. The van der Waals surface area contributed by atoms with Crippen LogP contribution in [-0.2, 0) is 0 Å². The lowest BCUT2D eigenvalue weighted by Gasteiger charge is -2.32. The van der Waals surface area contributed by atoms with Crippen LogP contribution >= 0.6 is 0 Å². The molecule has 0 atom stereocenters. The minimum absolute atomic E-state index is 0.00644. The van der Waals surface area contributed by atoms with Crippen molar-refractivity contribution in [1.82, 2.24) is 5.32 Å². The van der Waals surface area contributed by atoms with Crippen LogP contribution in [0.3, 0.4) is 0 Å². The van der Waals surface area contributed by atoms with Gasteiger partial charge in [0.25, 0.3) is 5.91 Å². The molecule has 1 amide bonds. The van der Waals surface area contributed by atoms with E-state index < -0.39 is 17.5 Å². The lowest BCUT2D eigenvalue weighted by molar-refractivity contribution is 0.0906. The maximum atomic E-state index is 13.2. The zero-order chi connectivity index (χ0) is 11.7. The van der Waals surface area contributed by atoms with Crippen molar-refractivity contribution < 1.29 is 13.6 Å². The van der Waals surface area contributed by atoms with Gasteiger partial charge in [-0.3, -0.25) is 4.79 Å². The Morgan fingerprint density at radius 1 is 1.38 bits per heavy atom. The van der Waals surface area contributed by atoms with Crippen LogP contribution in [0.2, 0.25) is 0 Å². The van der Waals surface area contributed by atoms with Crippen LogP contribution in [-0.4, -0.2) is 18.0 Å². The number of benzene rings is 1. The molecule has 0 aliphatic heterocycles. The number of nitrogens with two attached hydrogens (primary N) is 1. The summed E-state index contributed by atoms with van der Waals surface area (Å²) >= 11 is 0. The average Bonchev–Trinajstić information content (AvgIpc) is 2.15. The predicted octanol–water partition coefficient (Wildman–Crippen LogP) is 1.18. The van der Waals surface area contributed by atoms with E-state index in [0.717, 1.165) is 12.1 Å². The van der Waals surface area contributed by atoms with Crippen LogP contribution in [0.4, 0.5) is 8.78 Å². The van der Waals surface area contributed by atoms with E-state index in [9.17, 15) is 13.6 Å². The molecule has 0 spiro atoms. The first kappa shape index (κ1) is 11.0. The molecule has 1 saturated carbocycles. The Morgan fingerprint density at radius 3 is 2.62 bits per heavy atom. The smallest absolute Gasteiger partial charge is 0.254 e. The Bertz CT molecular complexity index is 416. The monoisotopic (exact) mass is 226 g/mol. The minimum atomic E-state index is -0.846. The highest BCUT2D eigenvalue weighted by Gasteiger charge is 2.28. The number of amides is 1. The molecule has 2 rings (SSSR count). The third-order valence-electron chi connectivity index (χ3n) is 2.69. The Hall–Kier alpha value is -1.49. The van der Waals surface area contributed by atoms with E-state index in [-0.39, 0.29) is 17.6 Å². The van der Waals surface area contributed by atoms with E-state index in [1.807, 2.05) is 0 Å². The highest BCUT2D eigenvalue weighted by molar-refractivity contribution is 5.94. The van der Waals surface area contributed by atoms with Crippen LogP contribution in [0.5, 0.6) is 0 Å². The van der Waals surface area contributed by atoms with Crippen molar-refractivity contribution in [3.63, 3.8) is 0 Å². The Morgan fingerprint density at radius 2 is 2.06 bits per heavy atom. The van der Waals surface area contributed by atoms with Crippen LogP contribution in [0.1, 0.15) is 23.2 Å². The normalized spacial score (nSPS) is 23.7. The van der Waals surface area contributed by atoms with Crippen LogP contribution < -0.4 is 11.1 Å². The van der Waals surface area contributed by atoms with E-state index in [0.29, 0.717) is 18.9 Å². The van der Waals surface area contributed by atoms with Crippen LogP contribution in [0.15, 0.2) is 18.2 Å². The summed E-state index contributed by atoms with van der Waals surface area (Å²) in [5.74, 6) is -2.06. The molecule has 1 fully saturated rings. The first-order valence-corrected chi connectivity index (χ1v) is 5.08. The molecular formula is C11H12F2N2O. The second-order valence-corrected chi connectivity index (χ2v) is 4.03. The number of hydrogen-bond acceptors (Lipinski definition) is 2. The zero-order valence-corrected chi connectivity index (χ0v) is 8.54. The lowest BCUT2D eigenvalue weighted by atomic mass is 9.87. The van der Waals surface area contributed by atoms with Gasteiger partial charge in [0.2, 0.25) is 0 Å². The van der Waals surface area contributed by atoms with Gasteiger partial charge in [-0.1, -0.05) is 0 Å². The molecule has 3 nitrogen and oxygen atoms in total. The first-order chi connectivity index (χ1) is 7.56. The number of hydrogen-bond donors (Lipinski definition) is 2. The van der Waals surface area contributed by atoms with Gasteiger partial charge in [-0.25, -0.2) is 8.78 Å². The highest BCUT2D eigenvalue weighted by Crippen LogP contribution is 2.18. The van der Waals surface area contributed by atoms with Gasteiger partial charge in [0.15, 0.2) is 0 Å². The van der Waals surface area contributed by atoms with Crippen LogP contribution in [0.25, 0.3) is 0 Å². The predicted molar refractivity (Wildman–Crippen MR) is 54.8 cm³/mol. The van der Waals surface area contributed by atoms with E-state index in [1.54, 1.807) is 0 Å². The summed E-state index contributed by atoms with van der Waals surface area (Å²) in [6.45, 7) is 0. The van der Waals surface area contributed by atoms with Gasteiger partial charge in [0.05, 0.1) is 5.56 Å². The van der Waals surface area contributed by atoms with Crippen molar-refractivity contribution in [3.8, 4) is 0 Å².